The number of hydrogen-bond acceptors (Lipinski definition) is 4. The molecule has 0 radical (unpaired) electrons. The van der Waals surface area contributed by atoms with Gasteiger partial charge in [0.2, 0.25) is 5.91 Å². The predicted molar refractivity (Wildman–Crippen MR) is 112 cm³/mol. The molecule has 0 fully saturated rings. The number of carbonyl (C=O) groups excluding carboxylic acids is 1. The number of carbonyl (C=O) groups is 1. The van der Waals surface area contributed by atoms with E-state index in [9.17, 15) is 10.1 Å². The van der Waals surface area contributed by atoms with Crippen LogP contribution in [0.3, 0.4) is 0 Å². The monoisotopic (exact) mass is 385 g/mol. The van der Waals surface area contributed by atoms with E-state index in [1.54, 1.807) is 6.07 Å². The maximum absolute atomic E-state index is 12.9. The second-order valence-corrected chi connectivity index (χ2v) is 7.56. The number of amides is 1. The summed E-state index contributed by atoms with van der Waals surface area (Å²) in [5.74, 6) is 0.307. The van der Waals surface area contributed by atoms with E-state index in [4.69, 9.17) is 0 Å². The van der Waals surface area contributed by atoms with E-state index in [1.807, 2.05) is 59.5 Å². The first-order valence-electron chi connectivity index (χ1n) is 9.24. The molecule has 0 saturated carbocycles. The lowest BCUT2D eigenvalue weighted by Crippen LogP contribution is -2.36. The van der Waals surface area contributed by atoms with Gasteiger partial charge >= 0.3 is 0 Å². The van der Waals surface area contributed by atoms with Crippen molar-refractivity contribution in [1.29, 1.82) is 5.26 Å². The molecule has 0 saturated heterocycles. The lowest BCUT2D eigenvalue weighted by molar-refractivity contribution is -0.116. The summed E-state index contributed by atoms with van der Waals surface area (Å²) in [5.41, 5.74) is 4.51. The van der Waals surface area contributed by atoms with E-state index in [2.05, 4.69) is 17.1 Å². The molecular weight excluding hydrogens is 366 g/mol. The summed E-state index contributed by atoms with van der Waals surface area (Å²) in [7, 11) is 0. The normalized spacial score (nSPS) is 12.9. The average molecular weight is 385 g/mol. The Bertz CT molecular complexity index is 1040. The fraction of sp³-hybridized carbons (Fsp3) is 0.174. The van der Waals surface area contributed by atoms with Gasteiger partial charge in [0.1, 0.15) is 11.1 Å². The first-order valence-corrected chi connectivity index (χ1v) is 10.2. The minimum atomic E-state index is 0.0490. The molecule has 0 bridgehead atoms. The number of pyridine rings is 1. The van der Waals surface area contributed by atoms with Gasteiger partial charge < -0.3 is 4.90 Å². The quantitative estimate of drug-likeness (QED) is 0.611. The number of hydrogen-bond donors (Lipinski definition) is 0. The smallest absolute Gasteiger partial charge is 0.237 e. The first-order chi connectivity index (χ1) is 13.8. The van der Waals surface area contributed by atoms with Crippen LogP contribution in [0.5, 0.6) is 0 Å². The molecule has 28 heavy (non-hydrogen) atoms. The molecule has 0 N–H and O–H groups in total. The summed E-state index contributed by atoms with van der Waals surface area (Å²) >= 11 is 1.33. The Kier molecular flexibility index (Phi) is 5.41. The van der Waals surface area contributed by atoms with Crippen LogP contribution in [0, 0.1) is 11.3 Å². The maximum atomic E-state index is 12.9. The van der Waals surface area contributed by atoms with Gasteiger partial charge in [-0.2, -0.15) is 5.26 Å². The summed E-state index contributed by atoms with van der Waals surface area (Å²) in [6, 6.07) is 23.7. The Hall–Kier alpha value is -3.10. The molecular formula is C23H19N3OS. The van der Waals surface area contributed by atoms with E-state index in [1.165, 1.54) is 17.3 Å². The van der Waals surface area contributed by atoms with Crippen molar-refractivity contribution in [3.05, 3.63) is 77.9 Å². The number of aromatic nitrogens is 1. The highest BCUT2D eigenvalue weighted by atomic mass is 32.2. The van der Waals surface area contributed by atoms with Crippen LogP contribution in [0.15, 0.2) is 71.8 Å². The fourth-order valence-corrected chi connectivity index (χ4v) is 4.25. The summed E-state index contributed by atoms with van der Waals surface area (Å²) < 4.78 is 0. The lowest BCUT2D eigenvalue weighted by Gasteiger charge is -2.29. The highest BCUT2D eigenvalue weighted by molar-refractivity contribution is 8.00. The van der Waals surface area contributed by atoms with Crippen molar-refractivity contribution in [3.8, 4) is 17.3 Å². The molecule has 0 unspecified atom stereocenters. The second-order valence-electron chi connectivity index (χ2n) is 6.59. The molecule has 4 rings (SSSR count). The zero-order chi connectivity index (χ0) is 19.3. The number of fused-ring (bicyclic) bond motifs is 1. The SMILES string of the molecule is N#Cc1ccc(-c2ccccc2)nc1SCC(=O)N1CCCc2ccccc21. The highest BCUT2D eigenvalue weighted by Gasteiger charge is 2.22. The van der Waals surface area contributed by atoms with Gasteiger partial charge in [-0.15, -0.1) is 0 Å². The number of nitriles is 1. The van der Waals surface area contributed by atoms with Crippen LogP contribution >= 0.6 is 11.8 Å². The Labute approximate surface area is 168 Å². The van der Waals surface area contributed by atoms with Crippen LogP contribution < -0.4 is 4.90 Å². The number of rotatable bonds is 4. The minimum Gasteiger partial charge on any atom is -0.311 e. The van der Waals surface area contributed by atoms with E-state index >= 15 is 0 Å². The molecule has 3 aromatic rings. The zero-order valence-electron chi connectivity index (χ0n) is 15.3. The van der Waals surface area contributed by atoms with Crippen molar-refractivity contribution < 1.29 is 4.79 Å². The van der Waals surface area contributed by atoms with Gasteiger partial charge in [0, 0.05) is 17.8 Å². The predicted octanol–water partition coefficient (Wildman–Crippen LogP) is 4.69. The van der Waals surface area contributed by atoms with Gasteiger partial charge in [-0.1, -0.05) is 60.3 Å². The van der Waals surface area contributed by atoms with Crippen molar-refractivity contribution in [2.45, 2.75) is 17.9 Å². The molecule has 1 aliphatic rings. The molecule has 1 aromatic heterocycles. The topological polar surface area (TPSA) is 57.0 Å². The molecule has 2 heterocycles. The molecule has 0 spiro atoms. The Morgan fingerprint density at radius 3 is 2.68 bits per heavy atom. The van der Waals surface area contributed by atoms with Gasteiger partial charge in [0.05, 0.1) is 17.0 Å². The Morgan fingerprint density at radius 2 is 1.86 bits per heavy atom. The number of thioether (sulfide) groups is 1. The largest absolute Gasteiger partial charge is 0.311 e. The van der Waals surface area contributed by atoms with Crippen LogP contribution in [0.2, 0.25) is 0 Å². The van der Waals surface area contributed by atoms with Crippen molar-refractivity contribution in [3.63, 3.8) is 0 Å². The van der Waals surface area contributed by atoms with E-state index in [0.717, 1.165) is 36.3 Å². The van der Waals surface area contributed by atoms with E-state index < -0.39 is 0 Å². The van der Waals surface area contributed by atoms with Crippen molar-refractivity contribution in [1.82, 2.24) is 4.98 Å². The fourth-order valence-electron chi connectivity index (χ4n) is 3.41. The lowest BCUT2D eigenvalue weighted by atomic mass is 10.0. The van der Waals surface area contributed by atoms with Gasteiger partial charge in [-0.25, -0.2) is 4.98 Å². The highest BCUT2D eigenvalue weighted by Crippen LogP contribution is 2.29. The standard InChI is InChI=1S/C23H19N3OS/c24-15-19-12-13-20(17-7-2-1-3-8-17)25-23(19)28-16-22(27)26-14-6-10-18-9-4-5-11-21(18)26/h1-5,7-9,11-13H,6,10,14,16H2. The Morgan fingerprint density at radius 1 is 1.07 bits per heavy atom. The van der Waals surface area contributed by atoms with E-state index in [-0.39, 0.29) is 11.7 Å². The first kappa shape index (κ1) is 18.3. The zero-order valence-corrected chi connectivity index (χ0v) is 16.2. The van der Waals surface area contributed by atoms with Crippen molar-refractivity contribution in [2.75, 3.05) is 17.2 Å². The van der Waals surface area contributed by atoms with Crippen molar-refractivity contribution >= 4 is 23.4 Å². The van der Waals surface area contributed by atoms with Gasteiger partial charge in [0.25, 0.3) is 0 Å². The number of para-hydroxylation sites is 1. The Balaban J connectivity index is 1.54. The second kappa shape index (κ2) is 8.28. The van der Waals surface area contributed by atoms with E-state index in [0.29, 0.717) is 10.6 Å². The number of aryl methyl sites for hydroxylation is 1. The van der Waals surface area contributed by atoms with Gasteiger partial charge in [-0.3, -0.25) is 4.79 Å². The molecule has 2 aromatic carbocycles. The summed E-state index contributed by atoms with van der Waals surface area (Å²) in [6.07, 6.45) is 1.98. The molecule has 138 valence electrons. The third-order valence-corrected chi connectivity index (χ3v) is 5.77. The molecule has 0 atom stereocenters. The summed E-state index contributed by atoms with van der Waals surface area (Å²) in [4.78, 5) is 19.4. The number of benzene rings is 2. The maximum Gasteiger partial charge on any atom is 0.237 e. The minimum absolute atomic E-state index is 0.0490. The van der Waals surface area contributed by atoms with Crippen LogP contribution in [0.25, 0.3) is 11.3 Å². The van der Waals surface area contributed by atoms with Crippen LogP contribution in [-0.2, 0) is 11.2 Å². The molecule has 0 aliphatic carbocycles. The molecule has 4 nitrogen and oxygen atoms in total. The van der Waals surface area contributed by atoms with Crippen LogP contribution in [-0.4, -0.2) is 23.2 Å². The van der Waals surface area contributed by atoms with Gasteiger partial charge in [0.15, 0.2) is 0 Å². The average Bonchev–Trinajstić information content (AvgIpc) is 2.77. The number of nitrogens with zero attached hydrogens (tertiary/aromatic N) is 3. The third kappa shape index (κ3) is 3.78. The third-order valence-electron chi connectivity index (χ3n) is 4.79. The van der Waals surface area contributed by atoms with Gasteiger partial charge in [-0.05, 0) is 36.6 Å². The molecule has 1 aliphatic heterocycles. The van der Waals surface area contributed by atoms with Crippen LogP contribution in [0.4, 0.5) is 5.69 Å². The van der Waals surface area contributed by atoms with Crippen molar-refractivity contribution in [2.24, 2.45) is 0 Å². The molecule has 1 amide bonds. The van der Waals surface area contributed by atoms with Crippen LogP contribution in [0.1, 0.15) is 17.5 Å². The number of anilines is 1. The molecule has 5 heteroatoms. The summed E-state index contributed by atoms with van der Waals surface area (Å²) in [6.45, 7) is 0.735. The summed E-state index contributed by atoms with van der Waals surface area (Å²) in [5, 5.41) is 10.0.